The first-order valence-corrected chi connectivity index (χ1v) is 7.56. The van der Waals surface area contributed by atoms with Gasteiger partial charge in [0.15, 0.2) is 11.6 Å². The molecule has 0 saturated carbocycles. The van der Waals surface area contributed by atoms with E-state index in [1.165, 1.54) is 24.7 Å². The van der Waals surface area contributed by atoms with Gasteiger partial charge in [0.05, 0.1) is 18.4 Å². The lowest BCUT2D eigenvalue weighted by atomic mass is 10.2. The number of carbonyl (C=O) groups is 2. The molecule has 1 aromatic carbocycles. The van der Waals surface area contributed by atoms with Crippen molar-refractivity contribution in [2.24, 2.45) is 0 Å². The molecule has 0 fully saturated rings. The Morgan fingerprint density at radius 2 is 2.08 bits per heavy atom. The second-order valence-corrected chi connectivity index (χ2v) is 5.13. The lowest BCUT2D eigenvalue weighted by Gasteiger charge is -2.13. The molecule has 128 valence electrons. The highest BCUT2D eigenvalue weighted by molar-refractivity contribution is 5.97. The van der Waals surface area contributed by atoms with Crippen LogP contribution in [0, 0.1) is 5.82 Å². The molecule has 0 spiro atoms. The van der Waals surface area contributed by atoms with Gasteiger partial charge in [0, 0.05) is 6.54 Å². The van der Waals surface area contributed by atoms with Crippen LogP contribution in [0.5, 0.6) is 5.75 Å². The summed E-state index contributed by atoms with van der Waals surface area (Å²) in [5, 5.41) is 5.25. The largest absolute Gasteiger partial charge is 0.490 e. The Labute approximate surface area is 139 Å². The summed E-state index contributed by atoms with van der Waals surface area (Å²) in [5.74, 6) is -0.922. The Kier molecular flexibility index (Phi) is 6.36. The number of carbonyl (C=O) groups excluding carboxylic acids is 2. The number of para-hydroxylation sites is 1. The fraction of sp³-hybridized carbons (Fsp3) is 0.294. The summed E-state index contributed by atoms with van der Waals surface area (Å²) in [7, 11) is 0. The molecule has 2 N–H and O–H groups in total. The van der Waals surface area contributed by atoms with Crippen molar-refractivity contribution >= 4 is 11.8 Å². The molecule has 7 heteroatoms. The van der Waals surface area contributed by atoms with Gasteiger partial charge in [-0.2, -0.15) is 0 Å². The first-order valence-electron chi connectivity index (χ1n) is 7.56. The van der Waals surface area contributed by atoms with Crippen molar-refractivity contribution in [2.75, 3.05) is 13.2 Å². The molecule has 1 unspecified atom stereocenters. The van der Waals surface area contributed by atoms with E-state index in [2.05, 4.69) is 10.6 Å². The van der Waals surface area contributed by atoms with Gasteiger partial charge in [-0.1, -0.05) is 12.1 Å². The topological polar surface area (TPSA) is 80.6 Å². The van der Waals surface area contributed by atoms with Crippen molar-refractivity contribution in [2.45, 2.75) is 19.4 Å². The van der Waals surface area contributed by atoms with Crippen molar-refractivity contribution in [1.29, 1.82) is 0 Å². The van der Waals surface area contributed by atoms with E-state index in [9.17, 15) is 14.0 Å². The van der Waals surface area contributed by atoms with Gasteiger partial charge in [-0.15, -0.1) is 0 Å². The molecule has 0 aliphatic rings. The lowest BCUT2D eigenvalue weighted by molar-refractivity contribution is -0.122. The molecule has 0 saturated heterocycles. The molecule has 0 radical (unpaired) electrons. The van der Waals surface area contributed by atoms with Crippen LogP contribution in [-0.4, -0.2) is 31.0 Å². The van der Waals surface area contributed by atoms with Crippen LogP contribution < -0.4 is 15.4 Å². The minimum absolute atomic E-state index is 0.185. The molecule has 0 aliphatic carbocycles. The van der Waals surface area contributed by atoms with Gasteiger partial charge in [0.1, 0.15) is 12.3 Å². The highest BCUT2D eigenvalue weighted by atomic mass is 19.1. The summed E-state index contributed by atoms with van der Waals surface area (Å²) in [5.41, 5.74) is 0.355. The third kappa shape index (κ3) is 5.12. The molecule has 1 atom stereocenters. The molecule has 1 heterocycles. The van der Waals surface area contributed by atoms with Gasteiger partial charge in [-0.05, 0) is 31.5 Å². The number of ether oxygens (including phenoxy) is 1. The molecular formula is C17H19FN2O4. The SMILES string of the molecule is CC(NC(=O)c1ccoc1)C(=O)NCCCOc1ccccc1F. The van der Waals surface area contributed by atoms with Crippen molar-refractivity contribution in [3.8, 4) is 5.75 Å². The van der Waals surface area contributed by atoms with Gasteiger partial charge in [0.2, 0.25) is 5.91 Å². The first kappa shape index (κ1) is 17.5. The predicted octanol–water partition coefficient (Wildman–Crippen LogP) is 2.12. The lowest BCUT2D eigenvalue weighted by Crippen LogP contribution is -2.45. The summed E-state index contributed by atoms with van der Waals surface area (Å²) in [6.07, 6.45) is 3.21. The summed E-state index contributed by atoms with van der Waals surface area (Å²) in [4.78, 5) is 23.7. The fourth-order valence-corrected chi connectivity index (χ4v) is 1.92. The number of halogens is 1. The normalized spacial score (nSPS) is 11.6. The number of amides is 2. The zero-order valence-corrected chi connectivity index (χ0v) is 13.3. The minimum atomic E-state index is -0.681. The number of furan rings is 1. The van der Waals surface area contributed by atoms with E-state index < -0.39 is 11.9 Å². The van der Waals surface area contributed by atoms with Crippen molar-refractivity contribution in [1.82, 2.24) is 10.6 Å². The highest BCUT2D eigenvalue weighted by Crippen LogP contribution is 2.15. The van der Waals surface area contributed by atoms with Crippen LogP contribution >= 0.6 is 0 Å². The van der Waals surface area contributed by atoms with Crippen LogP contribution in [0.3, 0.4) is 0 Å². The standard InChI is InChI=1S/C17H19FN2O4/c1-12(20-17(22)13-7-10-23-11-13)16(21)19-8-4-9-24-15-6-3-2-5-14(15)18/h2-3,5-7,10-12H,4,8-9H2,1H3,(H,19,21)(H,20,22). The number of hydrogen-bond donors (Lipinski definition) is 2. The van der Waals surface area contributed by atoms with Crippen molar-refractivity contribution < 1.29 is 23.1 Å². The number of rotatable bonds is 8. The molecule has 24 heavy (non-hydrogen) atoms. The number of hydrogen-bond acceptors (Lipinski definition) is 4. The maximum Gasteiger partial charge on any atom is 0.255 e. The Hall–Kier alpha value is -2.83. The van der Waals surface area contributed by atoms with E-state index in [1.54, 1.807) is 25.1 Å². The molecular weight excluding hydrogens is 315 g/mol. The smallest absolute Gasteiger partial charge is 0.255 e. The molecule has 2 rings (SSSR count). The quantitative estimate of drug-likeness (QED) is 0.725. The van der Waals surface area contributed by atoms with Crippen LogP contribution in [0.1, 0.15) is 23.7 Å². The Balaban J connectivity index is 1.64. The number of benzene rings is 1. The van der Waals surface area contributed by atoms with Gasteiger partial charge in [-0.3, -0.25) is 9.59 Å². The van der Waals surface area contributed by atoms with Gasteiger partial charge < -0.3 is 19.8 Å². The maximum atomic E-state index is 13.3. The van der Waals surface area contributed by atoms with E-state index in [-0.39, 0.29) is 24.2 Å². The molecule has 0 aliphatic heterocycles. The van der Waals surface area contributed by atoms with Crippen LogP contribution in [0.4, 0.5) is 4.39 Å². The third-order valence-corrected chi connectivity index (χ3v) is 3.24. The van der Waals surface area contributed by atoms with Crippen molar-refractivity contribution in [3.05, 3.63) is 54.2 Å². The van der Waals surface area contributed by atoms with E-state index in [4.69, 9.17) is 9.15 Å². The summed E-state index contributed by atoms with van der Waals surface area (Å²) >= 11 is 0. The maximum absolute atomic E-state index is 13.3. The van der Waals surface area contributed by atoms with Crippen LogP contribution in [0.25, 0.3) is 0 Å². The molecule has 6 nitrogen and oxygen atoms in total. The summed E-state index contributed by atoms with van der Waals surface area (Å²) in [6, 6.07) is 6.97. The second-order valence-electron chi connectivity index (χ2n) is 5.13. The molecule has 2 amide bonds. The van der Waals surface area contributed by atoms with Gasteiger partial charge >= 0.3 is 0 Å². The molecule has 1 aromatic heterocycles. The van der Waals surface area contributed by atoms with Gasteiger partial charge in [0.25, 0.3) is 5.91 Å². The third-order valence-electron chi connectivity index (χ3n) is 3.24. The second kappa shape index (κ2) is 8.71. The van der Waals surface area contributed by atoms with Gasteiger partial charge in [-0.25, -0.2) is 4.39 Å². The minimum Gasteiger partial charge on any atom is -0.490 e. The monoisotopic (exact) mass is 334 g/mol. The van der Waals surface area contributed by atoms with Crippen molar-refractivity contribution in [3.63, 3.8) is 0 Å². The van der Waals surface area contributed by atoms with E-state index in [1.807, 2.05) is 0 Å². The fourth-order valence-electron chi connectivity index (χ4n) is 1.92. The van der Waals surface area contributed by atoms with E-state index in [0.717, 1.165) is 0 Å². The zero-order chi connectivity index (χ0) is 17.4. The Bertz CT molecular complexity index is 673. The first-order chi connectivity index (χ1) is 11.6. The number of nitrogens with one attached hydrogen (secondary N) is 2. The van der Waals surface area contributed by atoms with Crippen LogP contribution in [0.15, 0.2) is 47.3 Å². The summed E-state index contributed by atoms with van der Waals surface area (Å²) in [6.45, 7) is 2.22. The van der Waals surface area contributed by atoms with E-state index >= 15 is 0 Å². The summed E-state index contributed by atoms with van der Waals surface area (Å²) < 4.78 is 23.4. The molecule has 0 bridgehead atoms. The highest BCUT2D eigenvalue weighted by Gasteiger charge is 2.16. The molecule has 2 aromatic rings. The average Bonchev–Trinajstić information content (AvgIpc) is 3.10. The zero-order valence-electron chi connectivity index (χ0n) is 13.3. The Morgan fingerprint density at radius 3 is 2.79 bits per heavy atom. The Morgan fingerprint density at radius 1 is 1.29 bits per heavy atom. The average molecular weight is 334 g/mol. The van der Waals surface area contributed by atoms with Crippen LogP contribution in [0.2, 0.25) is 0 Å². The van der Waals surface area contributed by atoms with E-state index in [0.29, 0.717) is 18.5 Å². The predicted molar refractivity (Wildman–Crippen MR) is 85.2 cm³/mol. The van der Waals surface area contributed by atoms with Crippen LogP contribution in [-0.2, 0) is 4.79 Å².